The summed E-state index contributed by atoms with van der Waals surface area (Å²) in [6.07, 6.45) is -4.51. The van der Waals surface area contributed by atoms with Crippen LogP contribution in [0.3, 0.4) is 0 Å². The molecular formula is C23H20F3N3O3. The molecule has 0 spiro atoms. The van der Waals surface area contributed by atoms with Gasteiger partial charge in [-0.3, -0.25) is 9.59 Å². The van der Waals surface area contributed by atoms with E-state index in [9.17, 15) is 22.8 Å². The van der Waals surface area contributed by atoms with Crippen molar-refractivity contribution in [1.82, 2.24) is 0 Å². The smallest absolute Gasteiger partial charge is 0.416 e. The molecule has 0 aromatic heterocycles. The number of carbonyl (C=O) groups excluding carboxylic acids is 2. The van der Waals surface area contributed by atoms with E-state index in [0.717, 1.165) is 12.1 Å². The van der Waals surface area contributed by atoms with Crippen molar-refractivity contribution in [3.8, 4) is 5.75 Å². The number of hydrogen-bond acceptors (Lipinski definition) is 4. The van der Waals surface area contributed by atoms with Crippen molar-refractivity contribution in [3.63, 3.8) is 0 Å². The zero-order valence-electron chi connectivity index (χ0n) is 17.0. The van der Waals surface area contributed by atoms with Crippen molar-refractivity contribution in [2.45, 2.75) is 6.18 Å². The lowest BCUT2D eigenvalue weighted by Gasteiger charge is -2.12. The minimum Gasteiger partial charge on any atom is -0.495 e. The molecule has 9 heteroatoms. The molecule has 0 atom stereocenters. The van der Waals surface area contributed by atoms with Crippen LogP contribution < -0.4 is 20.7 Å². The van der Waals surface area contributed by atoms with Gasteiger partial charge in [0, 0.05) is 16.9 Å². The quantitative estimate of drug-likeness (QED) is 0.479. The van der Waals surface area contributed by atoms with Crippen molar-refractivity contribution < 1.29 is 27.5 Å². The van der Waals surface area contributed by atoms with E-state index in [4.69, 9.17) is 4.74 Å². The highest BCUT2D eigenvalue weighted by atomic mass is 19.4. The minimum absolute atomic E-state index is 0.0141. The predicted octanol–water partition coefficient (Wildman–Crippen LogP) is 5.02. The number of para-hydroxylation sites is 2. The molecule has 0 bridgehead atoms. The summed E-state index contributed by atoms with van der Waals surface area (Å²) in [5.41, 5.74) is 0.352. The van der Waals surface area contributed by atoms with Gasteiger partial charge in [0.05, 0.1) is 24.9 Å². The van der Waals surface area contributed by atoms with Gasteiger partial charge in [0.15, 0.2) is 0 Å². The first kappa shape index (κ1) is 22.7. The topological polar surface area (TPSA) is 79.5 Å². The van der Waals surface area contributed by atoms with Gasteiger partial charge in [0.1, 0.15) is 5.75 Å². The van der Waals surface area contributed by atoms with Crippen molar-refractivity contribution >= 4 is 28.9 Å². The Bertz CT molecular complexity index is 1120. The number of halogens is 3. The number of hydrogen-bond donors (Lipinski definition) is 3. The molecule has 0 saturated heterocycles. The van der Waals surface area contributed by atoms with E-state index in [1.807, 2.05) is 0 Å². The van der Waals surface area contributed by atoms with Crippen LogP contribution in [-0.2, 0) is 11.0 Å². The highest BCUT2D eigenvalue weighted by Crippen LogP contribution is 2.30. The first-order valence-corrected chi connectivity index (χ1v) is 9.51. The Labute approximate surface area is 182 Å². The molecule has 0 saturated carbocycles. The van der Waals surface area contributed by atoms with E-state index in [2.05, 4.69) is 16.0 Å². The zero-order valence-corrected chi connectivity index (χ0v) is 17.0. The molecule has 2 amide bonds. The molecule has 0 fully saturated rings. The van der Waals surface area contributed by atoms with Crippen LogP contribution in [0.4, 0.5) is 30.2 Å². The third kappa shape index (κ3) is 6.00. The number of amides is 2. The van der Waals surface area contributed by atoms with E-state index in [1.165, 1.54) is 31.4 Å². The summed E-state index contributed by atoms with van der Waals surface area (Å²) >= 11 is 0. The predicted molar refractivity (Wildman–Crippen MR) is 116 cm³/mol. The highest BCUT2D eigenvalue weighted by molar-refractivity contribution is 6.05. The number of carbonyl (C=O) groups is 2. The van der Waals surface area contributed by atoms with Gasteiger partial charge in [-0.15, -0.1) is 0 Å². The molecule has 166 valence electrons. The Morgan fingerprint density at radius 3 is 2.28 bits per heavy atom. The number of benzene rings is 3. The van der Waals surface area contributed by atoms with Gasteiger partial charge in [0.2, 0.25) is 5.91 Å². The number of methoxy groups -OCH3 is 1. The second kappa shape index (κ2) is 9.86. The monoisotopic (exact) mass is 443 g/mol. The summed E-state index contributed by atoms with van der Waals surface area (Å²) in [5.74, 6) is -0.368. The summed E-state index contributed by atoms with van der Waals surface area (Å²) < 4.78 is 43.8. The Kier molecular flexibility index (Phi) is 6.99. The summed E-state index contributed by atoms with van der Waals surface area (Å²) in [7, 11) is 1.52. The average Bonchev–Trinajstić information content (AvgIpc) is 2.77. The first-order valence-electron chi connectivity index (χ1n) is 9.51. The van der Waals surface area contributed by atoms with E-state index in [-0.39, 0.29) is 23.7 Å². The fourth-order valence-electron chi connectivity index (χ4n) is 2.89. The SMILES string of the molecule is COc1ccccc1NCC(=O)Nc1cccc(C(=O)Nc2cccc(C(F)(F)F)c2)c1. The number of nitrogens with one attached hydrogen (secondary N) is 3. The molecule has 0 aliphatic carbocycles. The molecule has 3 N–H and O–H groups in total. The molecule has 0 aliphatic rings. The van der Waals surface area contributed by atoms with Crippen molar-refractivity contribution in [2.24, 2.45) is 0 Å². The van der Waals surface area contributed by atoms with Crippen LogP contribution in [0, 0.1) is 0 Å². The van der Waals surface area contributed by atoms with E-state index >= 15 is 0 Å². The largest absolute Gasteiger partial charge is 0.495 e. The van der Waals surface area contributed by atoms with Gasteiger partial charge in [-0.05, 0) is 48.5 Å². The summed E-state index contributed by atoms with van der Waals surface area (Å²) in [5, 5.41) is 8.06. The van der Waals surface area contributed by atoms with Crippen LogP contribution in [0.15, 0.2) is 72.8 Å². The van der Waals surface area contributed by atoms with Gasteiger partial charge in [-0.1, -0.05) is 24.3 Å². The van der Waals surface area contributed by atoms with Crippen LogP contribution in [0.5, 0.6) is 5.75 Å². The molecule has 3 aromatic rings. The maximum absolute atomic E-state index is 12.9. The van der Waals surface area contributed by atoms with Crippen LogP contribution in [0.25, 0.3) is 0 Å². The lowest BCUT2D eigenvalue weighted by atomic mass is 10.1. The normalized spacial score (nSPS) is 10.9. The number of rotatable bonds is 7. The van der Waals surface area contributed by atoms with Gasteiger partial charge in [-0.2, -0.15) is 13.2 Å². The lowest BCUT2D eigenvalue weighted by Crippen LogP contribution is -2.22. The molecule has 3 rings (SSSR count). The molecule has 0 radical (unpaired) electrons. The Morgan fingerprint density at radius 1 is 0.875 bits per heavy atom. The second-order valence-electron chi connectivity index (χ2n) is 6.72. The van der Waals surface area contributed by atoms with Crippen molar-refractivity contribution in [3.05, 3.63) is 83.9 Å². The molecule has 3 aromatic carbocycles. The fraction of sp³-hybridized carbons (Fsp3) is 0.130. The van der Waals surface area contributed by atoms with Gasteiger partial charge >= 0.3 is 6.18 Å². The third-order valence-corrected chi connectivity index (χ3v) is 4.40. The number of anilines is 3. The lowest BCUT2D eigenvalue weighted by molar-refractivity contribution is -0.137. The highest BCUT2D eigenvalue weighted by Gasteiger charge is 2.30. The molecule has 0 aliphatic heterocycles. The first-order chi connectivity index (χ1) is 15.3. The van der Waals surface area contributed by atoms with Crippen LogP contribution >= 0.6 is 0 Å². The van der Waals surface area contributed by atoms with Crippen LogP contribution in [-0.4, -0.2) is 25.5 Å². The van der Waals surface area contributed by atoms with E-state index < -0.39 is 17.6 Å². The molecule has 0 heterocycles. The summed E-state index contributed by atoms with van der Waals surface area (Å²) in [6, 6.07) is 17.6. The molecule has 32 heavy (non-hydrogen) atoms. The molecular weight excluding hydrogens is 423 g/mol. The summed E-state index contributed by atoms with van der Waals surface area (Å²) in [6.45, 7) is -0.0406. The minimum atomic E-state index is -4.51. The van der Waals surface area contributed by atoms with Gasteiger partial charge in [-0.25, -0.2) is 0 Å². The van der Waals surface area contributed by atoms with Crippen LogP contribution in [0.2, 0.25) is 0 Å². The second-order valence-corrected chi connectivity index (χ2v) is 6.72. The standard InChI is InChI=1S/C23H20F3N3O3/c1-32-20-11-3-2-10-19(20)27-14-21(30)28-17-8-4-6-15(12-17)22(31)29-18-9-5-7-16(13-18)23(24,25)26/h2-13,27H,14H2,1H3,(H,28,30)(H,29,31). The third-order valence-electron chi connectivity index (χ3n) is 4.40. The maximum Gasteiger partial charge on any atom is 0.416 e. The van der Waals surface area contributed by atoms with Crippen molar-refractivity contribution in [1.29, 1.82) is 0 Å². The Morgan fingerprint density at radius 2 is 1.56 bits per heavy atom. The van der Waals surface area contributed by atoms with Crippen molar-refractivity contribution in [2.75, 3.05) is 29.6 Å². The maximum atomic E-state index is 12.9. The number of alkyl halides is 3. The van der Waals surface area contributed by atoms with Gasteiger partial charge < -0.3 is 20.7 Å². The summed E-state index contributed by atoms with van der Waals surface area (Å²) in [4.78, 5) is 24.7. The molecule has 6 nitrogen and oxygen atoms in total. The van der Waals surface area contributed by atoms with E-state index in [0.29, 0.717) is 17.1 Å². The fourth-order valence-corrected chi connectivity index (χ4v) is 2.89. The zero-order chi connectivity index (χ0) is 23.1. The Hall–Kier alpha value is -4.01. The Balaban J connectivity index is 1.62. The average molecular weight is 443 g/mol. The van der Waals surface area contributed by atoms with Gasteiger partial charge in [0.25, 0.3) is 5.91 Å². The number of ether oxygens (including phenoxy) is 1. The van der Waals surface area contributed by atoms with Crippen LogP contribution in [0.1, 0.15) is 15.9 Å². The molecule has 0 unspecified atom stereocenters. The van der Waals surface area contributed by atoms with E-state index in [1.54, 1.807) is 36.4 Å².